The zero-order valence-electron chi connectivity index (χ0n) is 6.70. The number of aromatic nitrogens is 2. The zero-order chi connectivity index (χ0) is 8.43. The lowest BCUT2D eigenvalue weighted by Crippen LogP contribution is -2.30. The summed E-state index contributed by atoms with van der Waals surface area (Å²) in [6.45, 7) is 1.75. The number of rotatable bonds is 2. The summed E-state index contributed by atoms with van der Waals surface area (Å²) in [4.78, 5) is 20.6. The van der Waals surface area contributed by atoms with Gasteiger partial charge in [-0.25, -0.2) is 4.79 Å². The average molecular weight is 158 g/mol. The van der Waals surface area contributed by atoms with Crippen molar-refractivity contribution < 1.29 is 9.68 Å². The molecule has 11 heavy (non-hydrogen) atoms. The van der Waals surface area contributed by atoms with Crippen molar-refractivity contribution >= 4 is 0 Å². The van der Waals surface area contributed by atoms with Crippen molar-refractivity contribution in [3.8, 4) is 0 Å². The number of nitrogens with zero attached hydrogens (tertiary/aromatic N) is 2. The van der Waals surface area contributed by atoms with Gasteiger partial charge in [0, 0.05) is 0 Å². The highest BCUT2D eigenvalue weighted by Gasteiger charge is 2.06. The van der Waals surface area contributed by atoms with Gasteiger partial charge in [-0.3, -0.25) is 0 Å². The van der Waals surface area contributed by atoms with Crippen LogP contribution in [0.4, 0.5) is 0 Å². The molecule has 5 heteroatoms. The highest BCUT2D eigenvalue weighted by atomic mass is 16.7. The molecule has 0 saturated heterocycles. The van der Waals surface area contributed by atoms with E-state index in [2.05, 4.69) is 0 Å². The van der Waals surface area contributed by atoms with Crippen LogP contribution in [-0.4, -0.2) is 23.7 Å². The normalized spacial score (nSPS) is 9.73. The fourth-order valence-corrected chi connectivity index (χ4v) is 0.871. The van der Waals surface area contributed by atoms with Gasteiger partial charge >= 0.3 is 5.69 Å². The number of imidazole rings is 1. The molecular formula is C6H10N2O3. The third-order valence-electron chi connectivity index (χ3n) is 1.37. The van der Waals surface area contributed by atoms with Crippen molar-refractivity contribution in [2.75, 3.05) is 14.2 Å². The van der Waals surface area contributed by atoms with E-state index >= 15 is 0 Å². The first-order valence-corrected chi connectivity index (χ1v) is 3.10. The molecule has 0 amide bonds. The smallest absolute Gasteiger partial charge is 0.394 e. The molecule has 0 aromatic carbocycles. The van der Waals surface area contributed by atoms with Crippen LogP contribution in [0, 0.1) is 6.92 Å². The van der Waals surface area contributed by atoms with E-state index in [-0.39, 0.29) is 5.69 Å². The summed E-state index contributed by atoms with van der Waals surface area (Å²) in [7, 11) is 2.84. The second kappa shape index (κ2) is 2.69. The van der Waals surface area contributed by atoms with Crippen molar-refractivity contribution in [2.45, 2.75) is 6.92 Å². The maximum atomic E-state index is 11.1. The van der Waals surface area contributed by atoms with E-state index < -0.39 is 0 Å². The first-order chi connectivity index (χ1) is 5.20. The molecular weight excluding hydrogens is 148 g/mol. The maximum Gasteiger partial charge on any atom is 0.394 e. The van der Waals surface area contributed by atoms with Crippen LogP contribution in [0.2, 0.25) is 0 Å². The van der Waals surface area contributed by atoms with Gasteiger partial charge in [-0.05, 0) is 6.92 Å². The van der Waals surface area contributed by atoms with Gasteiger partial charge in [-0.15, -0.1) is 9.46 Å². The third-order valence-corrected chi connectivity index (χ3v) is 1.37. The maximum absolute atomic E-state index is 11.1. The van der Waals surface area contributed by atoms with Gasteiger partial charge in [0.05, 0.1) is 11.9 Å². The van der Waals surface area contributed by atoms with E-state index in [4.69, 9.17) is 9.68 Å². The van der Waals surface area contributed by atoms with Gasteiger partial charge in [0.25, 0.3) is 0 Å². The predicted molar refractivity (Wildman–Crippen MR) is 38.4 cm³/mol. The Hall–Kier alpha value is -1.39. The van der Waals surface area contributed by atoms with Crippen molar-refractivity contribution in [1.82, 2.24) is 9.46 Å². The summed E-state index contributed by atoms with van der Waals surface area (Å²) in [6.07, 6.45) is 1.55. The summed E-state index contributed by atoms with van der Waals surface area (Å²) in [5.41, 5.74) is 0.354. The summed E-state index contributed by atoms with van der Waals surface area (Å²) < 4.78 is 2.24. The second-order valence-electron chi connectivity index (χ2n) is 2.04. The first-order valence-electron chi connectivity index (χ1n) is 3.10. The Labute approximate surface area is 63.7 Å². The molecule has 5 nitrogen and oxygen atoms in total. The fourth-order valence-electron chi connectivity index (χ4n) is 0.871. The Balaban J connectivity index is 3.25. The molecule has 0 atom stereocenters. The standard InChI is InChI=1S/C6H10N2O3/c1-5-4-7(10-2)6(9)8(5)11-3/h4H,1-3H3. The van der Waals surface area contributed by atoms with E-state index in [9.17, 15) is 4.79 Å². The molecule has 0 fully saturated rings. The molecule has 0 unspecified atom stereocenters. The molecule has 0 radical (unpaired) electrons. The van der Waals surface area contributed by atoms with Crippen LogP contribution in [-0.2, 0) is 0 Å². The van der Waals surface area contributed by atoms with Gasteiger partial charge in [0.2, 0.25) is 0 Å². The van der Waals surface area contributed by atoms with Crippen LogP contribution in [0.1, 0.15) is 5.69 Å². The Morgan fingerprint density at radius 1 is 1.36 bits per heavy atom. The van der Waals surface area contributed by atoms with Crippen LogP contribution in [0.5, 0.6) is 0 Å². The molecule has 0 saturated carbocycles. The highest BCUT2D eigenvalue weighted by molar-refractivity contribution is 4.93. The zero-order valence-corrected chi connectivity index (χ0v) is 6.70. The number of hydrogen-bond donors (Lipinski definition) is 0. The van der Waals surface area contributed by atoms with Crippen molar-refractivity contribution in [3.63, 3.8) is 0 Å². The fraction of sp³-hybridized carbons (Fsp3) is 0.500. The Morgan fingerprint density at radius 2 is 2.00 bits per heavy atom. The summed E-state index contributed by atoms with van der Waals surface area (Å²) >= 11 is 0. The van der Waals surface area contributed by atoms with Crippen LogP contribution in [0.15, 0.2) is 11.0 Å². The van der Waals surface area contributed by atoms with Crippen LogP contribution in [0.25, 0.3) is 0 Å². The second-order valence-corrected chi connectivity index (χ2v) is 2.04. The molecule has 0 aliphatic heterocycles. The SMILES string of the molecule is COn1cc(C)n(OC)c1=O. The summed E-state index contributed by atoms with van der Waals surface area (Å²) in [5, 5.41) is 0. The molecule has 0 spiro atoms. The summed E-state index contributed by atoms with van der Waals surface area (Å²) in [5.74, 6) is 0. The van der Waals surface area contributed by atoms with Gasteiger partial charge in [0.1, 0.15) is 14.2 Å². The van der Waals surface area contributed by atoms with Crippen LogP contribution in [0.3, 0.4) is 0 Å². The lowest BCUT2D eigenvalue weighted by molar-refractivity contribution is 0.114. The third kappa shape index (κ3) is 1.09. The van der Waals surface area contributed by atoms with E-state index in [0.29, 0.717) is 5.69 Å². The number of hydrogen-bond acceptors (Lipinski definition) is 3. The predicted octanol–water partition coefficient (Wildman–Crippen LogP) is -0.925. The van der Waals surface area contributed by atoms with E-state index in [1.807, 2.05) is 0 Å². The van der Waals surface area contributed by atoms with E-state index in [1.165, 1.54) is 14.2 Å². The molecule has 62 valence electrons. The molecule has 0 aliphatic rings. The first kappa shape index (κ1) is 7.71. The topological polar surface area (TPSA) is 45.4 Å². The van der Waals surface area contributed by atoms with Gasteiger partial charge in [-0.1, -0.05) is 0 Å². The van der Waals surface area contributed by atoms with Crippen molar-refractivity contribution in [1.29, 1.82) is 0 Å². The Kier molecular flexibility index (Phi) is 1.89. The minimum atomic E-state index is -0.340. The quantitative estimate of drug-likeness (QED) is 0.559. The average Bonchev–Trinajstić information content (AvgIpc) is 2.26. The van der Waals surface area contributed by atoms with Crippen LogP contribution >= 0.6 is 0 Å². The molecule has 1 rings (SSSR count). The van der Waals surface area contributed by atoms with Gasteiger partial charge < -0.3 is 9.68 Å². The minimum absolute atomic E-state index is 0.340. The molecule has 0 bridgehead atoms. The lowest BCUT2D eigenvalue weighted by atomic mass is 10.6. The van der Waals surface area contributed by atoms with Gasteiger partial charge in [-0.2, -0.15) is 0 Å². The van der Waals surface area contributed by atoms with E-state index in [1.54, 1.807) is 13.1 Å². The van der Waals surface area contributed by atoms with Crippen molar-refractivity contribution in [2.24, 2.45) is 0 Å². The lowest BCUT2D eigenvalue weighted by Gasteiger charge is -1.98. The molecule has 1 heterocycles. The minimum Gasteiger partial charge on any atom is -0.413 e. The molecule has 1 aromatic rings. The Bertz CT molecular complexity index is 299. The molecule has 1 aromatic heterocycles. The molecule has 0 aliphatic carbocycles. The summed E-state index contributed by atoms with van der Waals surface area (Å²) in [6, 6.07) is 0. The van der Waals surface area contributed by atoms with Gasteiger partial charge in [0.15, 0.2) is 0 Å². The molecule has 0 N–H and O–H groups in total. The monoisotopic (exact) mass is 158 g/mol. The number of aryl methyl sites for hydroxylation is 1. The largest absolute Gasteiger partial charge is 0.413 e. The van der Waals surface area contributed by atoms with E-state index in [0.717, 1.165) is 9.46 Å². The van der Waals surface area contributed by atoms with Crippen LogP contribution < -0.4 is 15.4 Å². The highest BCUT2D eigenvalue weighted by Crippen LogP contribution is 1.89. The van der Waals surface area contributed by atoms with Crippen molar-refractivity contribution in [3.05, 3.63) is 22.4 Å². The Morgan fingerprint density at radius 3 is 2.27 bits per heavy atom.